The van der Waals surface area contributed by atoms with Crippen LogP contribution in [0.25, 0.3) is 0 Å². The van der Waals surface area contributed by atoms with E-state index in [1.165, 1.54) is 18.4 Å². The molecule has 1 aliphatic rings. The number of nitrogens with one attached hydrogen (secondary N) is 2. The van der Waals surface area contributed by atoms with Crippen LogP contribution in [-0.4, -0.2) is 50.1 Å². The molecule has 1 aromatic rings. The standard InChI is InChI=1S/C17H27N3O/c1-20(16-8-5-11-18-12-10-16)14-17(21)19-13-9-15-6-3-2-4-7-15/h2-4,6-7,16,18H,5,8-14H2,1H3,(H,19,21). The normalized spacial score (nSPS) is 19.2. The van der Waals surface area contributed by atoms with Crippen molar-refractivity contribution in [2.24, 2.45) is 0 Å². The molecule has 1 fully saturated rings. The molecular weight excluding hydrogens is 262 g/mol. The Hall–Kier alpha value is -1.39. The Morgan fingerprint density at radius 2 is 2.10 bits per heavy atom. The first-order valence-electron chi connectivity index (χ1n) is 7.97. The van der Waals surface area contributed by atoms with Crippen molar-refractivity contribution >= 4 is 5.91 Å². The predicted molar refractivity (Wildman–Crippen MR) is 86.3 cm³/mol. The van der Waals surface area contributed by atoms with Crippen molar-refractivity contribution in [1.29, 1.82) is 0 Å². The minimum atomic E-state index is 0.130. The lowest BCUT2D eigenvalue weighted by molar-refractivity contribution is -0.122. The molecule has 21 heavy (non-hydrogen) atoms. The zero-order valence-corrected chi connectivity index (χ0v) is 13.0. The summed E-state index contributed by atoms with van der Waals surface area (Å²) in [4.78, 5) is 14.2. The average Bonchev–Trinajstić information content (AvgIpc) is 2.77. The number of nitrogens with zero attached hydrogens (tertiary/aromatic N) is 1. The molecule has 4 heteroatoms. The molecule has 1 unspecified atom stereocenters. The maximum Gasteiger partial charge on any atom is 0.234 e. The maximum absolute atomic E-state index is 12.0. The van der Waals surface area contributed by atoms with Gasteiger partial charge in [-0.2, -0.15) is 0 Å². The smallest absolute Gasteiger partial charge is 0.234 e. The highest BCUT2D eigenvalue weighted by atomic mass is 16.2. The molecule has 0 bridgehead atoms. The molecule has 2 rings (SSSR count). The highest BCUT2D eigenvalue weighted by Gasteiger charge is 2.18. The Labute approximate surface area is 127 Å². The second-order valence-electron chi connectivity index (χ2n) is 5.84. The summed E-state index contributed by atoms with van der Waals surface area (Å²) in [6.45, 7) is 3.38. The second kappa shape index (κ2) is 8.80. The van der Waals surface area contributed by atoms with E-state index in [1.54, 1.807) is 0 Å². The Morgan fingerprint density at radius 3 is 2.90 bits per heavy atom. The maximum atomic E-state index is 12.0. The van der Waals surface area contributed by atoms with Crippen molar-refractivity contribution in [3.63, 3.8) is 0 Å². The summed E-state index contributed by atoms with van der Waals surface area (Å²) in [5.74, 6) is 0.130. The fourth-order valence-electron chi connectivity index (χ4n) is 2.84. The van der Waals surface area contributed by atoms with Gasteiger partial charge in [0.05, 0.1) is 6.54 Å². The number of carbonyl (C=O) groups excluding carboxylic acids is 1. The summed E-state index contributed by atoms with van der Waals surface area (Å²) in [6, 6.07) is 10.8. The Morgan fingerprint density at radius 1 is 1.29 bits per heavy atom. The molecule has 1 amide bonds. The first-order valence-corrected chi connectivity index (χ1v) is 7.97. The number of likely N-dealkylation sites (N-methyl/N-ethyl adjacent to an activating group) is 1. The van der Waals surface area contributed by atoms with Gasteiger partial charge in [-0.15, -0.1) is 0 Å². The molecule has 1 aromatic carbocycles. The second-order valence-corrected chi connectivity index (χ2v) is 5.84. The Kier molecular flexibility index (Phi) is 6.70. The number of amides is 1. The van der Waals surface area contributed by atoms with E-state index in [0.29, 0.717) is 19.1 Å². The van der Waals surface area contributed by atoms with E-state index in [1.807, 2.05) is 18.2 Å². The van der Waals surface area contributed by atoms with Crippen molar-refractivity contribution in [1.82, 2.24) is 15.5 Å². The van der Waals surface area contributed by atoms with Crippen LogP contribution in [0.5, 0.6) is 0 Å². The van der Waals surface area contributed by atoms with Gasteiger partial charge in [-0.1, -0.05) is 30.3 Å². The van der Waals surface area contributed by atoms with Crippen LogP contribution in [0, 0.1) is 0 Å². The zero-order valence-electron chi connectivity index (χ0n) is 13.0. The summed E-state index contributed by atoms with van der Waals surface area (Å²) < 4.78 is 0. The predicted octanol–water partition coefficient (Wildman–Crippen LogP) is 1.42. The van der Waals surface area contributed by atoms with E-state index in [9.17, 15) is 4.79 Å². The molecule has 4 nitrogen and oxygen atoms in total. The van der Waals surface area contributed by atoms with E-state index < -0.39 is 0 Å². The van der Waals surface area contributed by atoms with Crippen molar-refractivity contribution in [2.75, 3.05) is 33.2 Å². The van der Waals surface area contributed by atoms with Gasteiger partial charge in [0.1, 0.15) is 0 Å². The molecule has 0 saturated carbocycles. The Balaban J connectivity index is 1.66. The Bertz CT molecular complexity index is 413. The molecule has 1 atom stereocenters. The zero-order chi connectivity index (χ0) is 14.9. The van der Waals surface area contributed by atoms with Crippen molar-refractivity contribution < 1.29 is 4.79 Å². The van der Waals surface area contributed by atoms with Crippen molar-refractivity contribution in [2.45, 2.75) is 31.7 Å². The van der Waals surface area contributed by atoms with Crippen LogP contribution >= 0.6 is 0 Å². The number of hydrogen-bond acceptors (Lipinski definition) is 3. The quantitative estimate of drug-likeness (QED) is 0.832. The van der Waals surface area contributed by atoms with E-state index in [-0.39, 0.29) is 5.91 Å². The number of carbonyl (C=O) groups is 1. The third kappa shape index (κ3) is 5.86. The van der Waals surface area contributed by atoms with Crippen LogP contribution in [0.3, 0.4) is 0 Å². The molecule has 1 aliphatic heterocycles. The van der Waals surface area contributed by atoms with Crippen LogP contribution in [0.1, 0.15) is 24.8 Å². The lowest BCUT2D eigenvalue weighted by Gasteiger charge is -2.26. The van der Waals surface area contributed by atoms with Gasteiger partial charge in [0, 0.05) is 12.6 Å². The summed E-state index contributed by atoms with van der Waals surface area (Å²) in [5, 5.41) is 6.43. The van der Waals surface area contributed by atoms with Gasteiger partial charge in [0.2, 0.25) is 5.91 Å². The first kappa shape index (κ1) is 16.0. The fraction of sp³-hybridized carbons (Fsp3) is 0.588. The average molecular weight is 289 g/mol. The SMILES string of the molecule is CN(CC(=O)NCCc1ccccc1)C1CCCNCC1. The lowest BCUT2D eigenvalue weighted by atomic mass is 10.1. The van der Waals surface area contributed by atoms with Crippen LogP contribution in [-0.2, 0) is 11.2 Å². The molecular formula is C17H27N3O. The van der Waals surface area contributed by atoms with E-state index in [2.05, 4.69) is 34.7 Å². The molecule has 0 spiro atoms. The minimum absolute atomic E-state index is 0.130. The number of benzene rings is 1. The van der Waals surface area contributed by atoms with Crippen LogP contribution in [0.15, 0.2) is 30.3 Å². The largest absolute Gasteiger partial charge is 0.355 e. The van der Waals surface area contributed by atoms with E-state index in [4.69, 9.17) is 0 Å². The summed E-state index contributed by atoms with van der Waals surface area (Å²) in [6.07, 6.45) is 4.41. The molecule has 0 radical (unpaired) electrons. The highest BCUT2D eigenvalue weighted by Crippen LogP contribution is 2.11. The summed E-state index contributed by atoms with van der Waals surface area (Å²) in [7, 11) is 2.06. The molecule has 0 aliphatic carbocycles. The van der Waals surface area contributed by atoms with Gasteiger partial charge in [0.15, 0.2) is 0 Å². The van der Waals surface area contributed by atoms with Crippen LogP contribution in [0.2, 0.25) is 0 Å². The molecule has 2 N–H and O–H groups in total. The van der Waals surface area contributed by atoms with Gasteiger partial charge in [-0.25, -0.2) is 0 Å². The van der Waals surface area contributed by atoms with Crippen molar-refractivity contribution in [3.05, 3.63) is 35.9 Å². The van der Waals surface area contributed by atoms with Gasteiger partial charge in [-0.05, 0) is 51.4 Å². The van der Waals surface area contributed by atoms with Gasteiger partial charge >= 0.3 is 0 Å². The topological polar surface area (TPSA) is 44.4 Å². The third-order valence-corrected chi connectivity index (χ3v) is 4.14. The summed E-state index contributed by atoms with van der Waals surface area (Å²) >= 11 is 0. The molecule has 0 aromatic heterocycles. The van der Waals surface area contributed by atoms with Gasteiger partial charge < -0.3 is 10.6 Å². The number of rotatable bonds is 6. The van der Waals surface area contributed by atoms with Gasteiger partial charge in [0.25, 0.3) is 0 Å². The van der Waals surface area contributed by atoms with E-state index >= 15 is 0 Å². The third-order valence-electron chi connectivity index (χ3n) is 4.14. The fourth-order valence-corrected chi connectivity index (χ4v) is 2.84. The lowest BCUT2D eigenvalue weighted by Crippen LogP contribution is -2.41. The van der Waals surface area contributed by atoms with Crippen molar-refractivity contribution in [3.8, 4) is 0 Å². The molecule has 1 saturated heterocycles. The number of hydrogen-bond donors (Lipinski definition) is 2. The van der Waals surface area contributed by atoms with E-state index in [0.717, 1.165) is 25.9 Å². The van der Waals surface area contributed by atoms with Crippen LogP contribution in [0.4, 0.5) is 0 Å². The summed E-state index contributed by atoms with van der Waals surface area (Å²) in [5.41, 5.74) is 1.26. The monoisotopic (exact) mass is 289 g/mol. The van der Waals surface area contributed by atoms with Gasteiger partial charge in [-0.3, -0.25) is 9.69 Å². The molecule has 1 heterocycles. The molecule has 116 valence electrons. The van der Waals surface area contributed by atoms with Crippen LogP contribution < -0.4 is 10.6 Å². The highest BCUT2D eigenvalue weighted by molar-refractivity contribution is 5.78. The first-order chi connectivity index (χ1) is 10.3. The minimum Gasteiger partial charge on any atom is -0.355 e.